The van der Waals surface area contributed by atoms with Gasteiger partial charge in [-0.1, -0.05) is 42.5 Å². The molecule has 22 heavy (non-hydrogen) atoms. The van der Waals surface area contributed by atoms with Gasteiger partial charge in [0.1, 0.15) is 0 Å². The van der Waals surface area contributed by atoms with Crippen molar-refractivity contribution >= 4 is 70.0 Å². The Balaban J connectivity index is 2.02. The lowest BCUT2D eigenvalue weighted by atomic mass is 10.0. The van der Waals surface area contributed by atoms with Crippen LogP contribution in [0.25, 0.3) is 31.3 Å². The molecule has 106 valence electrons. The van der Waals surface area contributed by atoms with E-state index in [1.165, 1.54) is 50.5 Å². The molecule has 1 heterocycles. The van der Waals surface area contributed by atoms with Gasteiger partial charge < -0.3 is 0 Å². The normalized spacial score (nSPS) is 12.8. The largest absolute Gasteiger partial charge is 0.135 e. The second-order valence-electron chi connectivity index (χ2n) is 5.62. The summed E-state index contributed by atoms with van der Waals surface area (Å²) in [6.07, 6.45) is 1.05. The van der Waals surface area contributed by atoms with E-state index in [0.29, 0.717) is 0 Å². The SMILES string of the molecule is Brc1c(I)c2c(c3sc4ccccc4c13)Cc1ccccc1-2. The molecular weight excluding hydrogens is 467 g/mol. The summed E-state index contributed by atoms with van der Waals surface area (Å²) in [5.74, 6) is 0. The molecule has 3 heteroatoms. The van der Waals surface area contributed by atoms with Crippen molar-refractivity contribution in [1.82, 2.24) is 0 Å². The summed E-state index contributed by atoms with van der Waals surface area (Å²) in [6, 6.07) is 17.5. The van der Waals surface area contributed by atoms with E-state index < -0.39 is 0 Å². The van der Waals surface area contributed by atoms with Crippen LogP contribution in [0.5, 0.6) is 0 Å². The van der Waals surface area contributed by atoms with Crippen molar-refractivity contribution in [2.24, 2.45) is 0 Å². The molecule has 4 aromatic rings. The van der Waals surface area contributed by atoms with Crippen LogP contribution in [0.3, 0.4) is 0 Å². The molecule has 0 amide bonds. The summed E-state index contributed by atoms with van der Waals surface area (Å²) >= 11 is 8.32. The van der Waals surface area contributed by atoms with Gasteiger partial charge in [-0.05, 0) is 61.3 Å². The smallest absolute Gasteiger partial charge is 0.0409 e. The van der Waals surface area contributed by atoms with Crippen molar-refractivity contribution in [3.05, 3.63) is 67.7 Å². The molecule has 0 unspecified atom stereocenters. The van der Waals surface area contributed by atoms with Gasteiger partial charge in [-0.25, -0.2) is 0 Å². The van der Waals surface area contributed by atoms with Crippen molar-refractivity contribution < 1.29 is 0 Å². The number of hydrogen-bond donors (Lipinski definition) is 0. The zero-order chi connectivity index (χ0) is 14.8. The fraction of sp³-hybridized carbons (Fsp3) is 0.0526. The fourth-order valence-corrected chi connectivity index (χ4v) is 6.38. The van der Waals surface area contributed by atoms with Crippen LogP contribution in [0, 0.1) is 3.57 Å². The fourth-order valence-electron chi connectivity index (χ4n) is 3.50. The van der Waals surface area contributed by atoms with Crippen molar-refractivity contribution in [3.8, 4) is 11.1 Å². The third-order valence-corrected chi connectivity index (χ3v) is 8.30. The Bertz CT molecular complexity index is 1080. The molecule has 0 saturated carbocycles. The molecule has 1 aromatic heterocycles. The Kier molecular flexibility index (Phi) is 2.94. The number of benzene rings is 3. The first-order chi connectivity index (χ1) is 10.8. The Labute approximate surface area is 154 Å². The van der Waals surface area contributed by atoms with Gasteiger partial charge in [0.15, 0.2) is 0 Å². The van der Waals surface area contributed by atoms with Crippen LogP contribution in [0.4, 0.5) is 0 Å². The van der Waals surface area contributed by atoms with Gasteiger partial charge >= 0.3 is 0 Å². The predicted octanol–water partition coefficient (Wildman–Crippen LogP) is 6.99. The molecule has 0 radical (unpaired) electrons. The zero-order valence-corrected chi connectivity index (χ0v) is 16.1. The lowest BCUT2D eigenvalue weighted by molar-refractivity contribution is 1.29. The standard InChI is InChI=1S/C19H10BrIS/c20-17-16-12-7-3-4-8-14(12)22-19(16)13-9-10-5-1-2-6-11(10)15(13)18(17)21/h1-8H,9H2. The highest BCUT2D eigenvalue weighted by Crippen LogP contribution is 2.50. The van der Waals surface area contributed by atoms with Gasteiger partial charge in [0.25, 0.3) is 0 Å². The van der Waals surface area contributed by atoms with Crippen molar-refractivity contribution in [2.45, 2.75) is 6.42 Å². The first-order valence-corrected chi connectivity index (χ1v) is 9.84. The first kappa shape index (κ1) is 13.5. The van der Waals surface area contributed by atoms with E-state index in [2.05, 4.69) is 87.1 Å². The highest BCUT2D eigenvalue weighted by Gasteiger charge is 2.27. The van der Waals surface area contributed by atoms with Crippen molar-refractivity contribution in [3.63, 3.8) is 0 Å². The summed E-state index contributed by atoms with van der Waals surface area (Å²) in [7, 11) is 0. The Morgan fingerprint density at radius 2 is 1.77 bits per heavy atom. The van der Waals surface area contributed by atoms with Crippen LogP contribution in [0.2, 0.25) is 0 Å². The minimum atomic E-state index is 1.05. The lowest BCUT2D eigenvalue weighted by Gasteiger charge is -2.09. The second kappa shape index (κ2) is 4.79. The Hall–Kier alpha value is -0.910. The Morgan fingerprint density at radius 3 is 2.68 bits per heavy atom. The molecule has 0 atom stereocenters. The molecule has 0 nitrogen and oxygen atoms in total. The minimum Gasteiger partial charge on any atom is -0.135 e. The van der Waals surface area contributed by atoms with E-state index in [-0.39, 0.29) is 0 Å². The molecule has 1 aliphatic carbocycles. The van der Waals surface area contributed by atoms with Gasteiger partial charge in [-0.2, -0.15) is 0 Å². The maximum absolute atomic E-state index is 3.89. The molecule has 0 saturated heterocycles. The second-order valence-corrected chi connectivity index (χ2v) is 8.54. The van der Waals surface area contributed by atoms with Crippen LogP contribution in [0.15, 0.2) is 53.0 Å². The molecule has 0 aliphatic heterocycles. The molecular formula is C19H10BrIS. The van der Waals surface area contributed by atoms with Crippen LogP contribution in [-0.2, 0) is 6.42 Å². The van der Waals surface area contributed by atoms with Crippen LogP contribution in [-0.4, -0.2) is 0 Å². The molecule has 3 aromatic carbocycles. The Morgan fingerprint density at radius 1 is 1.00 bits per heavy atom. The molecule has 0 spiro atoms. The monoisotopic (exact) mass is 476 g/mol. The molecule has 1 aliphatic rings. The number of halogens is 2. The van der Waals surface area contributed by atoms with Gasteiger partial charge in [-0.3, -0.25) is 0 Å². The van der Waals surface area contributed by atoms with Crippen LogP contribution in [0.1, 0.15) is 11.1 Å². The summed E-state index contributed by atoms with van der Waals surface area (Å²) in [4.78, 5) is 0. The van der Waals surface area contributed by atoms with E-state index >= 15 is 0 Å². The quantitative estimate of drug-likeness (QED) is 0.211. The van der Waals surface area contributed by atoms with E-state index in [9.17, 15) is 0 Å². The number of rotatable bonds is 0. The van der Waals surface area contributed by atoms with Gasteiger partial charge in [0.2, 0.25) is 0 Å². The van der Waals surface area contributed by atoms with E-state index in [1.807, 2.05) is 11.3 Å². The van der Waals surface area contributed by atoms with Crippen LogP contribution >= 0.6 is 49.9 Å². The summed E-state index contributed by atoms with van der Waals surface area (Å²) < 4.78 is 5.41. The van der Waals surface area contributed by atoms with Gasteiger partial charge in [0.05, 0.1) is 0 Å². The highest BCUT2D eigenvalue weighted by molar-refractivity contribution is 14.1. The van der Waals surface area contributed by atoms with Gasteiger partial charge in [0, 0.05) is 40.2 Å². The third kappa shape index (κ3) is 1.67. The summed E-state index contributed by atoms with van der Waals surface area (Å²) in [5.41, 5.74) is 5.79. The summed E-state index contributed by atoms with van der Waals surface area (Å²) in [6.45, 7) is 0. The number of thiophene rings is 1. The number of fused-ring (bicyclic) bond motifs is 7. The molecule has 0 bridgehead atoms. The van der Waals surface area contributed by atoms with Crippen LogP contribution < -0.4 is 0 Å². The summed E-state index contributed by atoms with van der Waals surface area (Å²) in [5, 5.41) is 2.75. The molecule has 0 fully saturated rings. The van der Waals surface area contributed by atoms with E-state index in [4.69, 9.17) is 0 Å². The van der Waals surface area contributed by atoms with E-state index in [0.717, 1.165) is 6.42 Å². The predicted molar refractivity (Wildman–Crippen MR) is 108 cm³/mol. The highest BCUT2D eigenvalue weighted by atomic mass is 127. The van der Waals surface area contributed by atoms with E-state index in [1.54, 1.807) is 0 Å². The minimum absolute atomic E-state index is 1.05. The third-order valence-electron chi connectivity index (χ3n) is 4.46. The maximum atomic E-state index is 3.89. The van der Waals surface area contributed by atoms with Crippen molar-refractivity contribution in [2.75, 3.05) is 0 Å². The topological polar surface area (TPSA) is 0 Å². The lowest BCUT2D eigenvalue weighted by Crippen LogP contribution is -1.87. The molecule has 0 N–H and O–H groups in total. The van der Waals surface area contributed by atoms with Gasteiger partial charge in [-0.15, -0.1) is 11.3 Å². The first-order valence-electron chi connectivity index (χ1n) is 7.15. The number of hydrogen-bond acceptors (Lipinski definition) is 1. The maximum Gasteiger partial charge on any atom is 0.0409 e. The average Bonchev–Trinajstić information content (AvgIpc) is 3.11. The molecule has 5 rings (SSSR count). The van der Waals surface area contributed by atoms with Crippen molar-refractivity contribution in [1.29, 1.82) is 0 Å². The zero-order valence-electron chi connectivity index (χ0n) is 11.5. The average molecular weight is 477 g/mol.